The molecular weight excluding hydrogens is 318 g/mol. The Labute approximate surface area is 148 Å². The summed E-state index contributed by atoms with van der Waals surface area (Å²) in [5.41, 5.74) is 5.37. The zero-order valence-electron chi connectivity index (χ0n) is 15.0. The first-order valence-corrected chi connectivity index (χ1v) is 8.90. The van der Waals surface area contributed by atoms with Crippen LogP contribution in [0.15, 0.2) is 18.2 Å². The zero-order valence-corrected chi connectivity index (χ0v) is 15.0. The lowest BCUT2D eigenvalue weighted by atomic mass is 10.0. The molecule has 0 saturated heterocycles. The van der Waals surface area contributed by atoms with Crippen molar-refractivity contribution in [2.24, 2.45) is 0 Å². The summed E-state index contributed by atoms with van der Waals surface area (Å²) < 4.78 is 2.41. The molecule has 1 atom stereocenters. The van der Waals surface area contributed by atoms with E-state index in [0.717, 1.165) is 19.4 Å². The molecular formula is C19H27N3O3. The number of para-hydroxylation sites is 1. The van der Waals surface area contributed by atoms with Gasteiger partial charge in [0.2, 0.25) is 0 Å². The summed E-state index contributed by atoms with van der Waals surface area (Å²) in [5, 5.41) is 22.5. The van der Waals surface area contributed by atoms with E-state index in [-0.39, 0.29) is 19.2 Å². The van der Waals surface area contributed by atoms with Crippen LogP contribution in [-0.2, 0) is 19.4 Å². The van der Waals surface area contributed by atoms with E-state index < -0.39 is 6.10 Å². The standard InChI is InChI=1S/C19H27N3O3/c1-13-16(8-9-20-19(25)21(2)11-15(24)12-23)17-7-3-5-14-6-4-10-22(13)18(14)17/h3,5,7,15,23-24H,4,6,8-12H2,1-2H3,(H,20,25). The molecule has 0 bridgehead atoms. The smallest absolute Gasteiger partial charge is 0.317 e. The monoisotopic (exact) mass is 345 g/mol. The second-order valence-corrected chi connectivity index (χ2v) is 6.83. The van der Waals surface area contributed by atoms with Gasteiger partial charge in [0.1, 0.15) is 0 Å². The molecule has 1 aliphatic heterocycles. The van der Waals surface area contributed by atoms with Crippen molar-refractivity contribution < 1.29 is 15.0 Å². The fourth-order valence-corrected chi connectivity index (χ4v) is 3.79. The number of hydrogen-bond donors (Lipinski definition) is 3. The largest absolute Gasteiger partial charge is 0.394 e. The van der Waals surface area contributed by atoms with Gasteiger partial charge >= 0.3 is 6.03 Å². The SMILES string of the molecule is Cc1c(CCNC(=O)N(C)CC(O)CO)c2cccc3c2n1CCC3. The third-order valence-electron chi connectivity index (χ3n) is 5.08. The highest BCUT2D eigenvalue weighted by atomic mass is 16.3. The first-order valence-electron chi connectivity index (χ1n) is 8.90. The van der Waals surface area contributed by atoms with E-state index in [9.17, 15) is 9.90 Å². The Balaban J connectivity index is 1.68. The number of likely N-dealkylation sites (N-methyl/N-ethyl adjacent to an activating group) is 1. The Morgan fingerprint density at radius 1 is 1.44 bits per heavy atom. The third-order valence-corrected chi connectivity index (χ3v) is 5.08. The molecule has 2 heterocycles. The van der Waals surface area contributed by atoms with Crippen LogP contribution in [0.4, 0.5) is 4.79 Å². The normalized spacial score (nSPS) is 14.6. The van der Waals surface area contributed by atoms with Crippen molar-refractivity contribution in [2.75, 3.05) is 26.7 Å². The van der Waals surface area contributed by atoms with E-state index in [1.807, 2.05) is 0 Å². The van der Waals surface area contributed by atoms with Gasteiger partial charge in [0.05, 0.1) is 24.8 Å². The van der Waals surface area contributed by atoms with Crippen LogP contribution >= 0.6 is 0 Å². The summed E-state index contributed by atoms with van der Waals surface area (Å²) in [7, 11) is 1.61. The molecule has 2 amide bonds. The number of aliphatic hydroxyl groups excluding tert-OH is 2. The van der Waals surface area contributed by atoms with Crippen molar-refractivity contribution in [3.8, 4) is 0 Å². The molecule has 1 aromatic heterocycles. The van der Waals surface area contributed by atoms with E-state index in [4.69, 9.17) is 5.11 Å². The number of benzene rings is 1. The van der Waals surface area contributed by atoms with Crippen LogP contribution in [-0.4, -0.2) is 58.6 Å². The predicted octanol–water partition coefficient (Wildman–Crippen LogP) is 1.43. The van der Waals surface area contributed by atoms with Gasteiger partial charge in [-0.15, -0.1) is 0 Å². The second-order valence-electron chi connectivity index (χ2n) is 6.83. The second kappa shape index (κ2) is 7.45. The zero-order chi connectivity index (χ0) is 18.0. The van der Waals surface area contributed by atoms with Gasteiger partial charge in [0.25, 0.3) is 0 Å². The van der Waals surface area contributed by atoms with Crippen LogP contribution in [0, 0.1) is 6.92 Å². The summed E-state index contributed by atoms with van der Waals surface area (Å²) >= 11 is 0. The van der Waals surface area contributed by atoms with Crippen molar-refractivity contribution >= 4 is 16.9 Å². The molecule has 0 spiro atoms. The molecule has 0 radical (unpaired) electrons. The van der Waals surface area contributed by atoms with Crippen LogP contribution in [0.2, 0.25) is 0 Å². The summed E-state index contributed by atoms with van der Waals surface area (Å²) in [4.78, 5) is 13.5. The molecule has 1 aromatic carbocycles. The first kappa shape index (κ1) is 17.8. The summed E-state index contributed by atoms with van der Waals surface area (Å²) in [6, 6.07) is 6.27. The van der Waals surface area contributed by atoms with Crippen LogP contribution in [0.3, 0.4) is 0 Å². The maximum Gasteiger partial charge on any atom is 0.317 e. The molecule has 1 aliphatic rings. The Kier molecular flexibility index (Phi) is 5.30. The number of nitrogens with zero attached hydrogens (tertiary/aromatic N) is 2. The highest BCUT2D eigenvalue weighted by Gasteiger charge is 2.19. The summed E-state index contributed by atoms with van der Waals surface area (Å²) in [6.07, 6.45) is 2.18. The van der Waals surface area contributed by atoms with E-state index >= 15 is 0 Å². The molecule has 25 heavy (non-hydrogen) atoms. The Morgan fingerprint density at radius 3 is 3.00 bits per heavy atom. The number of carbonyl (C=O) groups is 1. The number of nitrogens with one attached hydrogen (secondary N) is 1. The average molecular weight is 345 g/mol. The van der Waals surface area contributed by atoms with Crippen molar-refractivity contribution in [1.82, 2.24) is 14.8 Å². The van der Waals surface area contributed by atoms with Crippen molar-refractivity contribution in [1.29, 1.82) is 0 Å². The molecule has 0 aliphatic carbocycles. The highest BCUT2D eigenvalue weighted by Crippen LogP contribution is 2.32. The summed E-state index contributed by atoms with van der Waals surface area (Å²) in [5.74, 6) is 0. The van der Waals surface area contributed by atoms with Gasteiger partial charge in [0.15, 0.2) is 0 Å². The molecule has 1 unspecified atom stereocenters. The molecule has 136 valence electrons. The van der Waals surface area contributed by atoms with Crippen LogP contribution in [0.5, 0.6) is 0 Å². The molecule has 3 rings (SSSR count). The molecule has 0 saturated carbocycles. The number of aromatic nitrogens is 1. The topological polar surface area (TPSA) is 77.7 Å². The number of hydrogen-bond acceptors (Lipinski definition) is 3. The minimum atomic E-state index is -0.906. The van der Waals surface area contributed by atoms with Gasteiger partial charge in [-0.2, -0.15) is 0 Å². The molecule has 0 fully saturated rings. The number of aryl methyl sites for hydroxylation is 2. The molecule has 2 aromatic rings. The number of amides is 2. The first-order chi connectivity index (χ1) is 12.0. The highest BCUT2D eigenvalue weighted by molar-refractivity contribution is 5.88. The fraction of sp³-hybridized carbons (Fsp3) is 0.526. The lowest BCUT2D eigenvalue weighted by Gasteiger charge is -2.20. The number of rotatable bonds is 6. The third kappa shape index (κ3) is 3.50. The fourth-order valence-electron chi connectivity index (χ4n) is 3.79. The number of carbonyl (C=O) groups excluding carboxylic acids is 1. The summed E-state index contributed by atoms with van der Waals surface area (Å²) in [6.45, 7) is 3.54. The van der Waals surface area contributed by atoms with Crippen molar-refractivity contribution in [3.63, 3.8) is 0 Å². The molecule has 6 heteroatoms. The van der Waals surface area contributed by atoms with Crippen LogP contribution in [0.1, 0.15) is 23.2 Å². The quantitative estimate of drug-likeness (QED) is 0.741. The molecule has 6 nitrogen and oxygen atoms in total. The Morgan fingerprint density at radius 2 is 2.24 bits per heavy atom. The van der Waals surface area contributed by atoms with Crippen LogP contribution in [0.25, 0.3) is 10.9 Å². The Hall–Kier alpha value is -2.05. The Bertz CT molecular complexity index is 769. The van der Waals surface area contributed by atoms with E-state index in [2.05, 4.69) is 35.0 Å². The van der Waals surface area contributed by atoms with Gasteiger partial charge < -0.3 is 25.0 Å². The number of aliphatic hydroxyl groups is 2. The van der Waals surface area contributed by atoms with E-state index in [1.165, 1.54) is 39.0 Å². The van der Waals surface area contributed by atoms with Gasteiger partial charge in [-0.25, -0.2) is 4.79 Å². The van der Waals surface area contributed by atoms with E-state index in [1.54, 1.807) is 7.05 Å². The maximum absolute atomic E-state index is 12.1. The lowest BCUT2D eigenvalue weighted by Crippen LogP contribution is -2.42. The van der Waals surface area contributed by atoms with Gasteiger partial charge in [0, 0.05) is 31.2 Å². The van der Waals surface area contributed by atoms with Crippen molar-refractivity contribution in [2.45, 2.75) is 38.8 Å². The van der Waals surface area contributed by atoms with Gasteiger partial charge in [-0.3, -0.25) is 0 Å². The minimum Gasteiger partial charge on any atom is -0.394 e. The van der Waals surface area contributed by atoms with Gasteiger partial charge in [-0.1, -0.05) is 18.2 Å². The maximum atomic E-state index is 12.1. The van der Waals surface area contributed by atoms with Gasteiger partial charge in [-0.05, 0) is 37.3 Å². The van der Waals surface area contributed by atoms with Crippen molar-refractivity contribution in [3.05, 3.63) is 35.0 Å². The predicted molar refractivity (Wildman–Crippen MR) is 97.8 cm³/mol. The number of urea groups is 1. The molecule has 3 N–H and O–H groups in total. The average Bonchev–Trinajstić information content (AvgIpc) is 2.89. The van der Waals surface area contributed by atoms with E-state index in [0.29, 0.717) is 6.54 Å². The van der Waals surface area contributed by atoms with Crippen LogP contribution < -0.4 is 5.32 Å². The minimum absolute atomic E-state index is 0.115. The lowest BCUT2D eigenvalue weighted by molar-refractivity contribution is 0.0733.